The van der Waals surface area contributed by atoms with Gasteiger partial charge in [0.1, 0.15) is 0 Å². The second kappa shape index (κ2) is 15.7. The zero-order valence-corrected chi connectivity index (χ0v) is 37.7. The summed E-state index contributed by atoms with van der Waals surface area (Å²) in [5, 5.41) is 7.46. The number of benzene rings is 11. The summed E-state index contributed by atoms with van der Waals surface area (Å²) in [5.74, 6) is 0. The van der Waals surface area contributed by atoms with Gasteiger partial charge in [0.05, 0.1) is 33.1 Å². The molecule has 0 atom stereocenters. The summed E-state index contributed by atoms with van der Waals surface area (Å²) in [4.78, 5) is 0. The molecule has 3 nitrogen and oxygen atoms in total. The van der Waals surface area contributed by atoms with Crippen LogP contribution in [0.4, 0.5) is 0 Å². The third-order valence-corrected chi connectivity index (χ3v) is 14.3. The highest BCUT2D eigenvalue weighted by Crippen LogP contribution is 2.44. The summed E-state index contributed by atoms with van der Waals surface area (Å²) in [6.07, 6.45) is 0. The van der Waals surface area contributed by atoms with Crippen LogP contribution >= 0.6 is 0 Å². The van der Waals surface area contributed by atoms with Gasteiger partial charge in [0.25, 0.3) is 0 Å². The Hall–Kier alpha value is -9.18. The van der Waals surface area contributed by atoms with E-state index in [1.165, 1.54) is 98.8 Å². The molecule has 0 bridgehead atoms. The number of aromatic nitrogens is 3. The number of nitrogens with zero attached hydrogens (tertiary/aromatic N) is 3. The third kappa shape index (κ3) is 6.29. The molecule has 3 heterocycles. The van der Waals surface area contributed by atoms with Gasteiger partial charge in [0.15, 0.2) is 0 Å². The predicted octanol–water partition coefficient (Wildman–Crippen LogP) is 17.6. The fourth-order valence-corrected chi connectivity index (χ4v) is 11.0. The van der Waals surface area contributed by atoms with Crippen LogP contribution in [0.3, 0.4) is 0 Å². The molecule has 0 saturated carbocycles. The Labute approximate surface area is 399 Å². The highest BCUT2D eigenvalue weighted by Gasteiger charge is 2.21. The van der Waals surface area contributed by atoms with Crippen molar-refractivity contribution in [2.75, 3.05) is 0 Å². The van der Waals surface area contributed by atoms with Gasteiger partial charge in [0.2, 0.25) is 0 Å². The summed E-state index contributed by atoms with van der Waals surface area (Å²) in [7, 11) is 0. The Kier molecular flexibility index (Phi) is 8.90. The molecule has 11 aromatic carbocycles. The molecule has 0 N–H and O–H groups in total. The average Bonchev–Trinajstić information content (AvgIpc) is 4.07. The molecule has 0 spiro atoms. The average molecular weight is 878 g/mol. The lowest BCUT2D eigenvalue weighted by Crippen LogP contribution is -1.97. The molecule has 0 radical (unpaired) electrons. The number of hydrogen-bond acceptors (Lipinski definition) is 0. The van der Waals surface area contributed by atoms with Gasteiger partial charge in [-0.3, -0.25) is 0 Å². The highest BCUT2D eigenvalue weighted by atomic mass is 15.0. The fraction of sp³-hybridized carbons (Fsp3) is 0. The maximum Gasteiger partial charge on any atom is 0.0619 e. The molecule has 0 aliphatic heterocycles. The van der Waals surface area contributed by atoms with Crippen molar-refractivity contribution in [3.8, 4) is 61.6 Å². The van der Waals surface area contributed by atoms with Crippen LogP contribution in [0.5, 0.6) is 0 Å². The van der Waals surface area contributed by atoms with Crippen molar-refractivity contribution in [2.45, 2.75) is 0 Å². The Morgan fingerprint density at radius 3 is 1.00 bits per heavy atom. The van der Waals surface area contributed by atoms with E-state index < -0.39 is 0 Å². The van der Waals surface area contributed by atoms with Crippen molar-refractivity contribution in [2.24, 2.45) is 0 Å². The lowest BCUT2D eigenvalue weighted by atomic mass is 9.94. The molecule has 3 aromatic heterocycles. The number of rotatable bonds is 7. The summed E-state index contributed by atoms with van der Waals surface area (Å²) in [5.41, 5.74) is 20.0. The van der Waals surface area contributed by atoms with Crippen LogP contribution in [0.15, 0.2) is 261 Å². The number of para-hydroxylation sites is 4. The molecule has 322 valence electrons. The summed E-state index contributed by atoms with van der Waals surface area (Å²) >= 11 is 0. The van der Waals surface area contributed by atoms with Crippen LogP contribution in [0, 0.1) is 0 Å². The van der Waals surface area contributed by atoms with Gasteiger partial charge < -0.3 is 13.7 Å². The van der Waals surface area contributed by atoms with Crippen molar-refractivity contribution in [3.05, 3.63) is 261 Å². The molecule has 0 aliphatic rings. The van der Waals surface area contributed by atoms with E-state index in [-0.39, 0.29) is 0 Å². The molecule has 69 heavy (non-hydrogen) atoms. The minimum atomic E-state index is 1.12. The van der Waals surface area contributed by atoms with E-state index in [2.05, 4.69) is 275 Å². The molecular formula is C66H43N3. The molecule has 0 saturated heterocycles. The number of fused-ring (bicyclic) bond motifs is 9. The lowest BCUT2D eigenvalue weighted by Gasteiger charge is -2.15. The maximum atomic E-state index is 2.49. The monoisotopic (exact) mass is 877 g/mol. The summed E-state index contributed by atoms with van der Waals surface area (Å²) < 4.78 is 7.28. The summed E-state index contributed by atoms with van der Waals surface area (Å²) in [6.45, 7) is 0. The van der Waals surface area contributed by atoms with Crippen LogP contribution in [-0.4, -0.2) is 13.7 Å². The van der Waals surface area contributed by atoms with E-state index >= 15 is 0 Å². The van der Waals surface area contributed by atoms with E-state index in [1.54, 1.807) is 0 Å². The molecule has 0 amide bonds. The van der Waals surface area contributed by atoms with E-state index in [9.17, 15) is 0 Å². The lowest BCUT2D eigenvalue weighted by molar-refractivity contribution is 1.17. The maximum absolute atomic E-state index is 2.49. The first-order chi connectivity index (χ1) is 34.2. The first-order valence-corrected chi connectivity index (χ1v) is 23.8. The molecule has 0 unspecified atom stereocenters. The fourth-order valence-electron chi connectivity index (χ4n) is 11.0. The van der Waals surface area contributed by atoms with Crippen molar-refractivity contribution >= 4 is 65.4 Å². The Morgan fingerprint density at radius 2 is 0.522 bits per heavy atom. The first kappa shape index (κ1) is 39.0. The van der Waals surface area contributed by atoms with E-state index in [4.69, 9.17) is 0 Å². The quantitative estimate of drug-likeness (QED) is 0.152. The zero-order valence-electron chi connectivity index (χ0n) is 37.7. The molecular weight excluding hydrogens is 835 g/mol. The third-order valence-electron chi connectivity index (χ3n) is 14.3. The Balaban J connectivity index is 1.00. The SMILES string of the molecule is c1ccc(-c2ccc(-n3c4ccc(-c5ccccc5)cc4c4cc(-c5ccc(-n6c7ccccc7c7ccccc76)cc5)cc(-c5ccc(-n6c7ccccc7c7ccccc76)cc5)c43)cc2)cc1. The van der Waals surface area contributed by atoms with Crippen molar-refractivity contribution in [1.29, 1.82) is 0 Å². The highest BCUT2D eigenvalue weighted by molar-refractivity contribution is 6.16. The normalized spacial score (nSPS) is 11.8. The Morgan fingerprint density at radius 1 is 0.188 bits per heavy atom. The van der Waals surface area contributed by atoms with Gasteiger partial charge in [-0.1, -0.05) is 176 Å². The Bertz CT molecular complexity index is 4140. The largest absolute Gasteiger partial charge is 0.309 e. The standard InChI is InChI=1S/C66H43N3/c1-3-15-44(16-4-1)46-27-36-53(37-28-46)69-65-40-33-49(45-17-5-2-6-18-45)41-59(65)60-43-50(47-29-34-51(35-30-47)67-61-23-11-7-19-54(61)55-20-8-12-24-62(55)67)42-58(66(60)69)48-31-38-52(39-32-48)68-63-25-13-9-21-56(63)57-22-10-14-26-64(57)68/h1-43H. The van der Waals surface area contributed by atoms with Gasteiger partial charge in [0, 0.05) is 54.9 Å². The second-order valence-electron chi connectivity index (χ2n) is 18.1. The van der Waals surface area contributed by atoms with Gasteiger partial charge >= 0.3 is 0 Å². The topological polar surface area (TPSA) is 14.8 Å². The van der Waals surface area contributed by atoms with Crippen LogP contribution in [-0.2, 0) is 0 Å². The second-order valence-corrected chi connectivity index (χ2v) is 18.1. The van der Waals surface area contributed by atoms with Gasteiger partial charge in [-0.15, -0.1) is 0 Å². The van der Waals surface area contributed by atoms with Crippen molar-refractivity contribution < 1.29 is 0 Å². The number of hydrogen-bond donors (Lipinski definition) is 0. The van der Waals surface area contributed by atoms with Gasteiger partial charge in [-0.05, 0) is 124 Å². The van der Waals surface area contributed by atoms with Gasteiger partial charge in [-0.2, -0.15) is 0 Å². The van der Waals surface area contributed by atoms with E-state index in [1.807, 2.05) is 0 Å². The zero-order chi connectivity index (χ0) is 45.4. The van der Waals surface area contributed by atoms with Crippen LogP contribution in [0.1, 0.15) is 0 Å². The van der Waals surface area contributed by atoms with Crippen molar-refractivity contribution in [1.82, 2.24) is 13.7 Å². The van der Waals surface area contributed by atoms with Gasteiger partial charge in [-0.25, -0.2) is 0 Å². The molecule has 0 fully saturated rings. The smallest absolute Gasteiger partial charge is 0.0619 e. The molecule has 0 aliphatic carbocycles. The van der Waals surface area contributed by atoms with Crippen LogP contribution < -0.4 is 0 Å². The summed E-state index contributed by atoms with van der Waals surface area (Å²) in [6, 6.07) is 95.6. The minimum Gasteiger partial charge on any atom is -0.309 e. The molecule has 14 aromatic rings. The minimum absolute atomic E-state index is 1.12. The van der Waals surface area contributed by atoms with Crippen LogP contribution in [0.2, 0.25) is 0 Å². The predicted molar refractivity (Wildman–Crippen MR) is 291 cm³/mol. The first-order valence-electron chi connectivity index (χ1n) is 23.8. The van der Waals surface area contributed by atoms with E-state index in [0.717, 1.165) is 28.2 Å². The molecule has 3 heteroatoms. The van der Waals surface area contributed by atoms with E-state index in [0.29, 0.717) is 0 Å². The van der Waals surface area contributed by atoms with Crippen molar-refractivity contribution in [3.63, 3.8) is 0 Å². The van der Waals surface area contributed by atoms with Crippen LogP contribution in [0.25, 0.3) is 127 Å². The molecule has 14 rings (SSSR count).